The molecule has 1 atom stereocenters. The summed E-state index contributed by atoms with van der Waals surface area (Å²) in [5.41, 5.74) is 4.08. The number of hydrogen-bond donors (Lipinski definition) is 2. The van der Waals surface area contributed by atoms with Gasteiger partial charge < -0.3 is 14.9 Å². The van der Waals surface area contributed by atoms with Crippen molar-refractivity contribution in [1.82, 2.24) is 29.5 Å². The molecule has 4 heterocycles. The van der Waals surface area contributed by atoms with Crippen LogP contribution < -0.4 is 5.32 Å². The average Bonchev–Trinajstić information content (AvgIpc) is 3.53. The number of hydrogen-bond acceptors (Lipinski definition) is 8. The Morgan fingerprint density at radius 2 is 2.06 bits per heavy atom. The van der Waals surface area contributed by atoms with Gasteiger partial charge >= 0.3 is 0 Å². The highest BCUT2D eigenvalue weighted by atomic mass is 16.5. The monoisotopic (exact) mass is 426 g/mol. The Kier molecular flexibility index (Phi) is 4.65. The maximum Gasteiger partial charge on any atom is 0.173 e. The van der Waals surface area contributed by atoms with Gasteiger partial charge in [0.05, 0.1) is 17.1 Å². The molecule has 0 saturated heterocycles. The molecule has 0 radical (unpaired) electrons. The van der Waals surface area contributed by atoms with E-state index in [1.165, 1.54) is 6.26 Å². The molecule has 0 aliphatic carbocycles. The number of nitrogens with one attached hydrogen (secondary N) is 1. The summed E-state index contributed by atoms with van der Waals surface area (Å²) in [5.74, 6) is 1.68. The summed E-state index contributed by atoms with van der Waals surface area (Å²) in [4.78, 5) is 9.27. The van der Waals surface area contributed by atoms with Crippen molar-refractivity contribution in [3.63, 3.8) is 0 Å². The lowest BCUT2D eigenvalue weighted by atomic mass is 10.1. The number of anilines is 2. The number of aliphatic hydroxyl groups excluding tert-OH is 1. The maximum atomic E-state index is 10.3. The molecule has 0 aliphatic rings. The quantitative estimate of drug-likeness (QED) is 0.436. The smallest absolute Gasteiger partial charge is 0.173 e. The fourth-order valence-corrected chi connectivity index (χ4v) is 3.52. The summed E-state index contributed by atoms with van der Waals surface area (Å²) in [6.07, 6.45) is 2.43. The van der Waals surface area contributed by atoms with Crippen molar-refractivity contribution >= 4 is 22.5 Å². The predicted molar refractivity (Wildman–Crippen MR) is 116 cm³/mol. The zero-order valence-electron chi connectivity index (χ0n) is 17.3. The first-order chi connectivity index (χ1) is 15.5. The number of aromatic nitrogens is 6. The van der Waals surface area contributed by atoms with Crippen LogP contribution in [0, 0.1) is 18.3 Å². The highest BCUT2D eigenvalue weighted by Gasteiger charge is 2.17. The van der Waals surface area contributed by atoms with Gasteiger partial charge in [-0.05, 0) is 50.2 Å². The zero-order chi connectivity index (χ0) is 22.2. The van der Waals surface area contributed by atoms with E-state index >= 15 is 0 Å². The lowest BCUT2D eigenvalue weighted by Crippen LogP contribution is -2.10. The second-order valence-corrected chi connectivity index (χ2v) is 7.28. The van der Waals surface area contributed by atoms with Gasteiger partial charge in [-0.25, -0.2) is 14.6 Å². The molecule has 0 amide bonds. The summed E-state index contributed by atoms with van der Waals surface area (Å²) >= 11 is 0. The van der Waals surface area contributed by atoms with Gasteiger partial charge in [0.1, 0.15) is 24.5 Å². The van der Waals surface area contributed by atoms with Crippen LogP contribution in [-0.4, -0.2) is 34.6 Å². The van der Waals surface area contributed by atoms with E-state index in [-0.39, 0.29) is 5.69 Å². The van der Waals surface area contributed by atoms with Gasteiger partial charge in [0, 0.05) is 23.0 Å². The van der Waals surface area contributed by atoms with E-state index in [9.17, 15) is 10.4 Å². The average molecular weight is 426 g/mol. The summed E-state index contributed by atoms with van der Waals surface area (Å²) < 4.78 is 8.27. The predicted octanol–water partition coefficient (Wildman–Crippen LogP) is 3.57. The van der Waals surface area contributed by atoms with Crippen LogP contribution in [0.25, 0.3) is 22.7 Å². The molecule has 0 aliphatic heterocycles. The highest BCUT2D eigenvalue weighted by Crippen LogP contribution is 2.26. The van der Waals surface area contributed by atoms with E-state index < -0.39 is 6.10 Å². The summed E-state index contributed by atoms with van der Waals surface area (Å²) in [6, 6.07) is 14.8. The zero-order valence-corrected chi connectivity index (χ0v) is 17.3. The Bertz CT molecular complexity index is 1460. The van der Waals surface area contributed by atoms with Crippen LogP contribution in [0.1, 0.15) is 30.0 Å². The molecule has 158 valence electrons. The third-order valence-corrected chi connectivity index (χ3v) is 5.05. The minimum atomic E-state index is -0.759. The van der Waals surface area contributed by atoms with Crippen LogP contribution >= 0.6 is 0 Å². The Morgan fingerprint density at radius 1 is 1.19 bits per heavy atom. The number of aryl methyl sites for hydroxylation is 1. The fourth-order valence-electron chi connectivity index (χ4n) is 3.52. The first-order valence-electron chi connectivity index (χ1n) is 9.84. The van der Waals surface area contributed by atoms with Crippen molar-refractivity contribution in [3.8, 4) is 17.7 Å². The number of pyridine rings is 1. The van der Waals surface area contributed by atoms with Crippen molar-refractivity contribution in [2.45, 2.75) is 20.0 Å². The van der Waals surface area contributed by atoms with E-state index in [1.54, 1.807) is 30.1 Å². The number of nitriles is 1. The molecule has 32 heavy (non-hydrogen) atoms. The minimum absolute atomic E-state index is 0.284. The van der Waals surface area contributed by atoms with Gasteiger partial charge in [0.15, 0.2) is 17.3 Å². The molecule has 1 unspecified atom stereocenters. The van der Waals surface area contributed by atoms with Crippen LogP contribution in [0.5, 0.6) is 0 Å². The summed E-state index contributed by atoms with van der Waals surface area (Å²) in [6.45, 7) is 3.50. The molecular formula is C22H18N8O2. The first-order valence-corrected chi connectivity index (χ1v) is 9.84. The molecule has 0 fully saturated rings. The van der Waals surface area contributed by atoms with Gasteiger partial charge in [0.2, 0.25) is 0 Å². The maximum absolute atomic E-state index is 10.3. The van der Waals surface area contributed by atoms with Gasteiger partial charge in [-0.2, -0.15) is 10.4 Å². The SMILES string of the molecule is Cc1cc(C#N)nn1-c1nc(-n2cnc3cc(Nc4ccon4)ccc32)ccc1C(C)O. The van der Waals surface area contributed by atoms with E-state index in [0.29, 0.717) is 23.0 Å². The highest BCUT2D eigenvalue weighted by molar-refractivity contribution is 5.82. The normalized spacial score (nSPS) is 12.1. The number of fused-ring (bicyclic) bond motifs is 1. The van der Waals surface area contributed by atoms with E-state index in [0.717, 1.165) is 22.4 Å². The molecule has 5 aromatic rings. The van der Waals surface area contributed by atoms with Crippen molar-refractivity contribution in [1.29, 1.82) is 5.26 Å². The third-order valence-electron chi connectivity index (χ3n) is 5.05. The molecule has 10 heteroatoms. The Hall–Kier alpha value is -4.49. The summed E-state index contributed by atoms with van der Waals surface area (Å²) in [7, 11) is 0. The Labute approximate surface area is 182 Å². The topological polar surface area (TPSA) is 131 Å². The van der Waals surface area contributed by atoms with Gasteiger partial charge in [-0.1, -0.05) is 5.16 Å². The minimum Gasteiger partial charge on any atom is -0.389 e. The standard InChI is InChI=1S/C22H18N8O2/c1-13-9-16(11-23)27-30(13)22-17(14(2)31)4-6-21(26-22)29-12-24-18-10-15(3-5-19(18)29)25-20-7-8-32-28-20/h3-10,12,14,31H,1-2H3,(H,25,28). The largest absolute Gasteiger partial charge is 0.389 e. The van der Waals surface area contributed by atoms with Gasteiger partial charge in [0.25, 0.3) is 0 Å². The molecule has 5 rings (SSSR count). The third kappa shape index (κ3) is 3.36. The molecular weight excluding hydrogens is 408 g/mol. The van der Waals surface area contributed by atoms with Gasteiger partial charge in [-0.15, -0.1) is 0 Å². The lowest BCUT2D eigenvalue weighted by molar-refractivity contribution is 0.198. The van der Waals surface area contributed by atoms with E-state index in [2.05, 4.69) is 20.6 Å². The molecule has 0 bridgehead atoms. The van der Waals surface area contributed by atoms with Crippen LogP contribution in [0.4, 0.5) is 11.5 Å². The first kappa shape index (κ1) is 19.5. The fraction of sp³-hybridized carbons (Fsp3) is 0.136. The van der Waals surface area contributed by atoms with Crippen LogP contribution in [-0.2, 0) is 0 Å². The lowest BCUT2D eigenvalue weighted by Gasteiger charge is -2.14. The Morgan fingerprint density at radius 3 is 2.78 bits per heavy atom. The van der Waals surface area contributed by atoms with Crippen molar-refractivity contribution < 1.29 is 9.63 Å². The molecule has 1 aromatic carbocycles. The van der Waals surface area contributed by atoms with Crippen molar-refractivity contribution in [3.05, 3.63) is 72.0 Å². The molecule has 4 aromatic heterocycles. The second kappa shape index (κ2) is 7.64. The molecule has 0 spiro atoms. The van der Waals surface area contributed by atoms with Crippen LogP contribution in [0.15, 0.2) is 59.6 Å². The van der Waals surface area contributed by atoms with Crippen molar-refractivity contribution in [2.75, 3.05) is 5.32 Å². The molecule has 0 saturated carbocycles. The number of benzene rings is 1. The molecule has 2 N–H and O–H groups in total. The number of nitrogens with zero attached hydrogens (tertiary/aromatic N) is 7. The summed E-state index contributed by atoms with van der Waals surface area (Å²) in [5, 5.41) is 30.8. The van der Waals surface area contributed by atoms with Gasteiger partial charge in [-0.3, -0.25) is 4.57 Å². The Balaban J connectivity index is 1.58. The van der Waals surface area contributed by atoms with Crippen molar-refractivity contribution in [2.24, 2.45) is 0 Å². The number of rotatable bonds is 5. The number of imidazole rings is 1. The van der Waals surface area contributed by atoms with Crippen LogP contribution in [0.3, 0.4) is 0 Å². The van der Waals surface area contributed by atoms with E-state index in [1.807, 2.05) is 47.9 Å². The van der Waals surface area contributed by atoms with E-state index in [4.69, 9.17) is 9.51 Å². The number of aliphatic hydroxyl groups is 1. The van der Waals surface area contributed by atoms with Crippen LogP contribution in [0.2, 0.25) is 0 Å². The molecule has 10 nitrogen and oxygen atoms in total. The second-order valence-electron chi connectivity index (χ2n) is 7.28.